The van der Waals surface area contributed by atoms with Crippen LogP contribution in [-0.4, -0.2) is 43.3 Å². The summed E-state index contributed by atoms with van der Waals surface area (Å²) in [4.78, 5) is 12.8. The first kappa shape index (κ1) is 16.1. The highest BCUT2D eigenvalue weighted by atomic mass is 16.5. The molecular weight excluding hydrogens is 302 g/mol. The van der Waals surface area contributed by atoms with Crippen molar-refractivity contribution in [3.63, 3.8) is 0 Å². The third kappa shape index (κ3) is 3.11. The zero-order valence-corrected chi connectivity index (χ0v) is 14.2. The molecule has 0 amide bonds. The molecule has 0 saturated carbocycles. The number of aromatic nitrogens is 2. The second kappa shape index (κ2) is 6.75. The van der Waals surface area contributed by atoms with Crippen LogP contribution in [0.15, 0.2) is 30.6 Å². The number of rotatable bonds is 4. The van der Waals surface area contributed by atoms with E-state index in [0.717, 1.165) is 35.9 Å². The number of hydrogen-bond acceptors (Lipinski definition) is 6. The van der Waals surface area contributed by atoms with Crippen molar-refractivity contribution >= 4 is 11.6 Å². The molecule has 1 aliphatic rings. The first-order chi connectivity index (χ1) is 11.6. The quantitative estimate of drug-likeness (QED) is 0.861. The summed E-state index contributed by atoms with van der Waals surface area (Å²) in [7, 11) is 3.90. The molecule has 0 aromatic carbocycles. The Morgan fingerprint density at radius 1 is 1.29 bits per heavy atom. The number of hydrogen-bond donors (Lipinski definition) is 0. The Morgan fingerprint density at radius 2 is 2.12 bits per heavy atom. The highest BCUT2D eigenvalue weighted by molar-refractivity contribution is 5.58. The van der Waals surface area contributed by atoms with Gasteiger partial charge in [0.2, 0.25) is 0 Å². The topological polar surface area (TPSA) is 65.3 Å². The maximum Gasteiger partial charge on any atom is 0.170 e. The lowest BCUT2D eigenvalue weighted by Crippen LogP contribution is -2.26. The lowest BCUT2D eigenvalue weighted by molar-refractivity contribution is 0.225. The van der Waals surface area contributed by atoms with Crippen LogP contribution in [0, 0.1) is 18.3 Å². The largest absolute Gasteiger partial charge is 0.485 e. The Labute approximate surface area is 142 Å². The van der Waals surface area contributed by atoms with Crippen LogP contribution in [0.3, 0.4) is 0 Å². The van der Waals surface area contributed by atoms with E-state index in [-0.39, 0.29) is 6.10 Å². The van der Waals surface area contributed by atoms with Crippen molar-refractivity contribution in [1.82, 2.24) is 9.97 Å². The predicted molar refractivity (Wildman–Crippen MR) is 93.5 cm³/mol. The summed E-state index contributed by atoms with van der Waals surface area (Å²) >= 11 is 0. The van der Waals surface area contributed by atoms with Crippen LogP contribution >= 0.6 is 0 Å². The number of pyridine rings is 2. The highest BCUT2D eigenvalue weighted by Crippen LogP contribution is 2.29. The molecule has 0 bridgehead atoms. The van der Waals surface area contributed by atoms with Crippen LogP contribution in [0.25, 0.3) is 0 Å². The van der Waals surface area contributed by atoms with E-state index < -0.39 is 0 Å². The van der Waals surface area contributed by atoms with Gasteiger partial charge in [-0.25, -0.2) is 9.97 Å². The molecule has 0 unspecified atom stereocenters. The first-order valence-corrected chi connectivity index (χ1v) is 7.99. The molecule has 1 aliphatic heterocycles. The lowest BCUT2D eigenvalue weighted by atomic mass is 10.1. The zero-order valence-electron chi connectivity index (χ0n) is 14.2. The molecule has 1 fully saturated rings. The third-order valence-electron chi connectivity index (χ3n) is 4.16. The summed E-state index contributed by atoms with van der Waals surface area (Å²) in [5.74, 6) is 2.36. The molecular formula is C18H21N5O. The second-order valence-electron chi connectivity index (χ2n) is 6.13. The van der Waals surface area contributed by atoms with Crippen molar-refractivity contribution < 1.29 is 4.74 Å². The Balaban J connectivity index is 1.76. The molecule has 0 aliphatic carbocycles. The van der Waals surface area contributed by atoms with Gasteiger partial charge in [0.15, 0.2) is 11.6 Å². The molecule has 2 aromatic heterocycles. The van der Waals surface area contributed by atoms with Gasteiger partial charge in [0.1, 0.15) is 18.0 Å². The standard InChI is InChI=1S/C18H21N5O/c1-13-6-9-21-17(15(13)11-19)23-10-7-14(12-23)24-16-5-4-8-20-18(16)22(2)3/h4-6,8-9,14H,7,10,12H2,1-3H3/t14-/m1/s1. The van der Waals surface area contributed by atoms with Crippen molar-refractivity contribution in [3.8, 4) is 11.8 Å². The molecule has 6 nitrogen and oxygen atoms in total. The third-order valence-corrected chi connectivity index (χ3v) is 4.16. The van der Waals surface area contributed by atoms with Gasteiger partial charge in [-0.3, -0.25) is 0 Å². The maximum atomic E-state index is 9.40. The highest BCUT2D eigenvalue weighted by Gasteiger charge is 2.28. The molecule has 124 valence electrons. The van der Waals surface area contributed by atoms with Crippen LogP contribution < -0.4 is 14.5 Å². The van der Waals surface area contributed by atoms with E-state index in [9.17, 15) is 5.26 Å². The van der Waals surface area contributed by atoms with Crippen molar-refractivity contribution in [2.75, 3.05) is 37.0 Å². The van der Waals surface area contributed by atoms with Gasteiger partial charge >= 0.3 is 0 Å². The van der Waals surface area contributed by atoms with Gasteiger partial charge in [0.05, 0.1) is 12.1 Å². The molecule has 24 heavy (non-hydrogen) atoms. The van der Waals surface area contributed by atoms with Gasteiger partial charge in [0.25, 0.3) is 0 Å². The van der Waals surface area contributed by atoms with Crippen LogP contribution in [0.4, 0.5) is 11.6 Å². The fourth-order valence-electron chi connectivity index (χ4n) is 2.93. The summed E-state index contributed by atoms with van der Waals surface area (Å²) in [6.07, 6.45) is 4.47. The molecule has 3 rings (SSSR count). The van der Waals surface area contributed by atoms with E-state index in [4.69, 9.17) is 4.74 Å². The SMILES string of the molecule is Cc1ccnc(N2CC[C@@H](Oc3cccnc3N(C)C)C2)c1C#N. The van der Waals surface area contributed by atoms with Crippen LogP contribution in [0.5, 0.6) is 5.75 Å². The van der Waals surface area contributed by atoms with Gasteiger partial charge in [-0.05, 0) is 30.7 Å². The summed E-state index contributed by atoms with van der Waals surface area (Å²) < 4.78 is 6.17. The molecule has 3 heterocycles. The lowest BCUT2D eigenvalue weighted by Gasteiger charge is -2.21. The molecule has 6 heteroatoms. The van der Waals surface area contributed by atoms with E-state index >= 15 is 0 Å². The molecule has 0 spiro atoms. The summed E-state index contributed by atoms with van der Waals surface area (Å²) in [5, 5.41) is 9.40. The van der Waals surface area contributed by atoms with Gasteiger partial charge in [-0.15, -0.1) is 0 Å². The van der Waals surface area contributed by atoms with Crippen LogP contribution in [0.2, 0.25) is 0 Å². The van der Waals surface area contributed by atoms with E-state index in [1.807, 2.05) is 44.1 Å². The van der Waals surface area contributed by atoms with Crippen molar-refractivity contribution in [2.24, 2.45) is 0 Å². The summed E-state index contributed by atoms with van der Waals surface area (Å²) in [6, 6.07) is 7.95. The molecule has 2 aromatic rings. The van der Waals surface area contributed by atoms with Crippen LogP contribution in [-0.2, 0) is 0 Å². The molecule has 1 atom stereocenters. The molecule has 0 N–H and O–H groups in total. The molecule has 0 radical (unpaired) electrons. The van der Waals surface area contributed by atoms with E-state index in [0.29, 0.717) is 12.1 Å². The average molecular weight is 323 g/mol. The maximum absolute atomic E-state index is 9.40. The van der Waals surface area contributed by atoms with Crippen LogP contribution in [0.1, 0.15) is 17.5 Å². The summed E-state index contributed by atoms with van der Waals surface area (Å²) in [6.45, 7) is 3.48. The minimum atomic E-state index is 0.0572. The first-order valence-electron chi connectivity index (χ1n) is 7.99. The minimum absolute atomic E-state index is 0.0572. The zero-order chi connectivity index (χ0) is 17.1. The van der Waals surface area contributed by atoms with Gasteiger partial charge in [-0.1, -0.05) is 0 Å². The number of nitrogens with zero attached hydrogens (tertiary/aromatic N) is 5. The van der Waals surface area contributed by atoms with Crippen molar-refractivity contribution in [3.05, 3.63) is 41.7 Å². The van der Waals surface area contributed by atoms with Gasteiger partial charge < -0.3 is 14.5 Å². The van der Waals surface area contributed by atoms with Gasteiger partial charge in [-0.2, -0.15) is 5.26 Å². The monoisotopic (exact) mass is 323 g/mol. The Morgan fingerprint density at radius 3 is 2.88 bits per heavy atom. The fourth-order valence-corrected chi connectivity index (χ4v) is 2.93. The Bertz CT molecular complexity index is 768. The predicted octanol–water partition coefficient (Wildman–Crippen LogP) is 2.38. The number of ether oxygens (including phenoxy) is 1. The normalized spacial score (nSPS) is 16.8. The van der Waals surface area contributed by atoms with E-state index in [1.165, 1.54) is 0 Å². The summed E-state index contributed by atoms with van der Waals surface area (Å²) in [5.41, 5.74) is 1.60. The second-order valence-corrected chi connectivity index (χ2v) is 6.13. The number of nitriles is 1. The fraction of sp³-hybridized carbons (Fsp3) is 0.389. The Hall–Kier alpha value is -2.81. The van der Waals surface area contributed by atoms with E-state index in [2.05, 4.69) is 20.9 Å². The van der Waals surface area contributed by atoms with Gasteiger partial charge in [0, 0.05) is 39.5 Å². The Kier molecular flexibility index (Phi) is 4.52. The average Bonchev–Trinajstić information content (AvgIpc) is 3.03. The van der Waals surface area contributed by atoms with E-state index in [1.54, 1.807) is 12.4 Å². The smallest absolute Gasteiger partial charge is 0.170 e. The van der Waals surface area contributed by atoms with Crippen molar-refractivity contribution in [1.29, 1.82) is 5.26 Å². The number of aryl methyl sites for hydroxylation is 1. The number of anilines is 2. The van der Waals surface area contributed by atoms with Crippen molar-refractivity contribution in [2.45, 2.75) is 19.4 Å². The minimum Gasteiger partial charge on any atom is -0.485 e. The molecule has 1 saturated heterocycles.